The van der Waals surface area contributed by atoms with Crippen LogP contribution in [0.3, 0.4) is 0 Å². The zero-order valence-electron chi connectivity index (χ0n) is 14.9. The van der Waals surface area contributed by atoms with Crippen molar-refractivity contribution in [1.29, 1.82) is 0 Å². The molecule has 1 aromatic heterocycles. The zero-order valence-corrected chi connectivity index (χ0v) is 14.9. The van der Waals surface area contributed by atoms with Crippen LogP contribution in [0.2, 0.25) is 0 Å². The van der Waals surface area contributed by atoms with Gasteiger partial charge < -0.3 is 14.5 Å². The van der Waals surface area contributed by atoms with Crippen LogP contribution in [0.4, 0.5) is 0 Å². The predicted octanol–water partition coefficient (Wildman–Crippen LogP) is 2.50. The molecular formula is C20H21N3O3. The molecule has 0 aliphatic carbocycles. The first-order chi connectivity index (χ1) is 12.7. The maximum atomic E-state index is 12.4. The Balaban J connectivity index is 1.59. The third-order valence-electron chi connectivity index (χ3n) is 4.86. The summed E-state index contributed by atoms with van der Waals surface area (Å²) in [7, 11) is 3.29. The number of fused-ring (bicyclic) bond motifs is 2. The molecule has 26 heavy (non-hydrogen) atoms. The molecule has 2 heterocycles. The van der Waals surface area contributed by atoms with Crippen LogP contribution in [-0.2, 0) is 19.5 Å². The Morgan fingerprint density at radius 2 is 2.08 bits per heavy atom. The van der Waals surface area contributed by atoms with Gasteiger partial charge >= 0.3 is 0 Å². The summed E-state index contributed by atoms with van der Waals surface area (Å²) >= 11 is 0. The van der Waals surface area contributed by atoms with Gasteiger partial charge in [-0.1, -0.05) is 12.1 Å². The van der Waals surface area contributed by atoms with E-state index in [1.54, 1.807) is 20.3 Å². The molecule has 2 aromatic carbocycles. The maximum absolute atomic E-state index is 12.4. The van der Waals surface area contributed by atoms with Crippen LogP contribution in [0.15, 0.2) is 41.2 Å². The fraction of sp³-hybridized carbons (Fsp3) is 0.300. The van der Waals surface area contributed by atoms with Crippen LogP contribution < -0.4 is 15.0 Å². The van der Waals surface area contributed by atoms with Gasteiger partial charge in [0.05, 0.1) is 31.7 Å². The van der Waals surface area contributed by atoms with Gasteiger partial charge in [0, 0.05) is 13.1 Å². The van der Waals surface area contributed by atoms with E-state index in [0.29, 0.717) is 29.0 Å². The van der Waals surface area contributed by atoms with E-state index in [-0.39, 0.29) is 5.56 Å². The number of rotatable bonds is 4. The van der Waals surface area contributed by atoms with Crippen molar-refractivity contribution in [3.63, 3.8) is 0 Å². The number of ether oxygens (including phenoxy) is 2. The first-order valence-corrected chi connectivity index (χ1v) is 8.62. The third-order valence-corrected chi connectivity index (χ3v) is 4.86. The Morgan fingerprint density at radius 3 is 2.88 bits per heavy atom. The summed E-state index contributed by atoms with van der Waals surface area (Å²) < 4.78 is 10.6. The van der Waals surface area contributed by atoms with Gasteiger partial charge in [-0.2, -0.15) is 0 Å². The molecule has 0 saturated heterocycles. The number of H-pyrrole nitrogens is 1. The molecule has 1 N–H and O–H groups in total. The van der Waals surface area contributed by atoms with Crippen molar-refractivity contribution in [1.82, 2.24) is 14.9 Å². The molecule has 1 aliphatic rings. The van der Waals surface area contributed by atoms with E-state index in [2.05, 4.69) is 20.9 Å². The topological polar surface area (TPSA) is 67.5 Å². The standard InChI is InChI=1S/C20H21N3O3/c1-25-14-6-7-17-16(10-14)20(24)22-19(21-17)12-23-9-8-15-13(11-23)4-3-5-18(15)26-2/h3-7,10H,8-9,11-12H2,1-2H3,(H,21,22,24). The monoisotopic (exact) mass is 351 g/mol. The summed E-state index contributed by atoms with van der Waals surface area (Å²) in [6.07, 6.45) is 0.925. The molecule has 3 aromatic rings. The van der Waals surface area contributed by atoms with E-state index in [9.17, 15) is 4.79 Å². The highest BCUT2D eigenvalue weighted by Crippen LogP contribution is 2.28. The molecule has 0 saturated carbocycles. The highest BCUT2D eigenvalue weighted by Gasteiger charge is 2.20. The second kappa shape index (κ2) is 6.80. The van der Waals surface area contributed by atoms with Crippen molar-refractivity contribution in [2.24, 2.45) is 0 Å². The number of methoxy groups -OCH3 is 2. The van der Waals surface area contributed by atoms with Crippen LogP contribution in [-0.4, -0.2) is 35.6 Å². The fourth-order valence-corrected chi connectivity index (χ4v) is 3.54. The van der Waals surface area contributed by atoms with Gasteiger partial charge in [0.2, 0.25) is 0 Å². The van der Waals surface area contributed by atoms with E-state index in [1.165, 1.54) is 11.1 Å². The first-order valence-electron chi connectivity index (χ1n) is 8.62. The third kappa shape index (κ3) is 3.04. The molecule has 134 valence electrons. The molecule has 0 spiro atoms. The van der Waals surface area contributed by atoms with E-state index in [0.717, 1.165) is 25.3 Å². The van der Waals surface area contributed by atoms with Crippen LogP contribution in [0, 0.1) is 0 Å². The predicted molar refractivity (Wildman–Crippen MR) is 99.7 cm³/mol. The lowest BCUT2D eigenvalue weighted by atomic mass is 9.98. The summed E-state index contributed by atoms with van der Waals surface area (Å²) in [4.78, 5) is 22.2. The molecule has 6 heteroatoms. The molecule has 6 nitrogen and oxygen atoms in total. The largest absolute Gasteiger partial charge is 0.497 e. The Labute approximate surface area is 151 Å². The molecule has 0 atom stereocenters. The highest BCUT2D eigenvalue weighted by molar-refractivity contribution is 5.79. The van der Waals surface area contributed by atoms with E-state index in [4.69, 9.17) is 9.47 Å². The Morgan fingerprint density at radius 1 is 1.19 bits per heavy atom. The van der Waals surface area contributed by atoms with Crippen molar-refractivity contribution >= 4 is 10.9 Å². The Kier molecular flexibility index (Phi) is 4.34. The minimum absolute atomic E-state index is 0.136. The van der Waals surface area contributed by atoms with E-state index >= 15 is 0 Å². The summed E-state index contributed by atoms with van der Waals surface area (Å²) in [5.74, 6) is 2.28. The van der Waals surface area contributed by atoms with Gasteiger partial charge in [0.25, 0.3) is 5.56 Å². The summed E-state index contributed by atoms with van der Waals surface area (Å²) in [5.41, 5.74) is 3.09. The van der Waals surface area contributed by atoms with Gasteiger partial charge in [0.1, 0.15) is 17.3 Å². The minimum atomic E-state index is -0.136. The lowest BCUT2D eigenvalue weighted by Crippen LogP contribution is -2.31. The second-order valence-corrected chi connectivity index (χ2v) is 6.45. The van der Waals surface area contributed by atoms with Gasteiger partial charge in [-0.3, -0.25) is 9.69 Å². The smallest absolute Gasteiger partial charge is 0.258 e. The van der Waals surface area contributed by atoms with Gasteiger partial charge in [-0.15, -0.1) is 0 Å². The number of aromatic amines is 1. The fourth-order valence-electron chi connectivity index (χ4n) is 3.54. The van der Waals surface area contributed by atoms with Crippen molar-refractivity contribution in [2.45, 2.75) is 19.5 Å². The summed E-state index contributed by atoms with van der Waals surface area (Å²) in [6, 6.07) is 11.5. The van der Waals surface area contributed by atoms with Crippen molar-refractivity contribution in [3.8, 4) is 11.5 Å². The van der Waals surface area contributed by atoms with Gasteiger partial charge in [-0.25, -0.2) is 4.98 Å². The van der Waals surface area contributed by atoms with E-state index in [1.807, 2.05) is 24.3 Å². The molecular weight excluding hydrogens is 330 g/mol. The molecule has 4 rings (SSSR count). The average molecular weight is 351 g/mol. The lowest BCUT2D eigenvalue weighted by molar-refractivity contribution is 0.237. The van der Waals surface area contributed by atoms with E-state index < -0.39 is 0 Å². The Hall–Kier alpha value is -2.86. The van der Waals surface area contributed by atoms with Crippen LogP contribution >= 0.6 is 0 Å². The van der Waals surface area contributed by atoms with Crippen LogP contribution in [0.25, 0.3) is 10.9 Å². The normalized spacial score (nSPS) is 14.2. The highest BCUT2D eigenvalue weighted by atomic mass is 16.5. The molecule has 0 amide bonds. The number of hydrogen-bond donors (Lipinski definition) is 1. The Bertz CT molecular complexity index is 1010. The van der Waals surface area contributed by atoms with Crippen LogP contribution in [0.5, 0.6) is 11.5 Å². The van der Waals surface area contributed by atoms with Crippen molar-refractivity contribution in [3.05, 3.63) is 63.7 Å². The molecule has 1 aliphatic heterocycles. The van der Waals surface area contributed by atoms with Crippen molar-refractivity contribution in [2.75, 3.05) is 20.8 Å². The number of nitrogens with zero attached hydrogens (tertiary/aromatic N) is 2. The SMILES string of the molecule is COc1ccc2nc(CN3CCc4c(cccc4OC)C3)[nH]c(=O)c2c1. The number of aromatic nitrogens is 2. The summed E-state index contributed by atoms with van der Waals surface area (Å²) in [5, 5.41) is 0.543. The number of nitrogens with one attached hydrogen (secondary N) is 1. The van der Waals surface area contributed by atoms with Gasteiger partial charge in [-0.05, 0) is 41.8 Å². The summed E-state index contributed by atoms with van der Waals surface area (Å²) in [6.45, 7) is 2.32. The first kappa shape index (κ1) is 16.6. The number of hydrogen-bond acceptors (Lipinski definition) is 5. The maximum Gasteiger partial charge on any atom is 0.258 e. The molecule has 0 bridgehead atoms. The van der Waals surface area contributed by atoms with Crippen LogP contribution in [0.1, 0.15) is 17.0 Å². The number of benzene rings is 2. The molecule has 0 unspecified atom stereocenters. The quantitative estimate of drug-likeness (QED) is 0.782. The lowest BCUT2D eigenvalue weighted by Gasteiger charge is -2.29. The minimum Gasteiger partial charge on any atom is -0.497 e. The van der Waals surface area contributed by atoms with Gasteiger partial charge in [0.15, 0.2) is 0 Å². The molecule has 0 radical (unpaired) electrons. The average Bonchev–Trinajstić information content (AvgIpc) is 2.67. The second-order valence-electron chi connectivity index (χ2n) is 6.45. The zero-order chi connectivity index (χ0) is 18.1. The van der Waals surface area contributed by atoms with Crippen molar-refractivity contribution < 1.29 is 9.47 Å². The molecule has 0 fully saturated rings.